The van der Waals surface area contributed by atoms with Crippen LogP contribution in [0.3, 0.4) is 0 Å². The van der Waals surface area contributed by atoms with Gasteiger partial charge >= 0.3 is 0 Å². The summed E-state index contributed by atoms with van der Waals surface area (Å²) in [5.41, 5.74) is 11.4. The summed E-state index contributed by atoms with van der Waals surface area (Å²) in [6.45, 7) is 0.784. The summed E-state index contributed by atoms with van der Waals surface area (Å²) >= 11 is 0. The number of anilines is 2. The molecule has 1 aliphatic carbocycles. The minimum Gasteiger partial charge on any atom is -0.399 e. The zero-order valence-electron chi connectivity index (χ0n) is 11.2. The molecular weight excluding hydrogens is 248 g/mol. The molecular formula is C17H16N2O. The van der Waals surface area contributed by atoms with E-state index in [4.69, 9.17) is 5.73 Å². The van der Waals surface area contributed by atoms with Gasteiger partial charge in [0.1, 0.15) is 0 Å². The van der Waals surface area contributed by atoms with Crippen molar-refractivity contribution in [1.29, 1.82) is 0 Å². The minimum atomic E-state index is 0.190. The molecule has 2 N–H and O–H groups in total. The van der Waals surface area contributed by atoms with Crippen molar-refractivity contribution < 1.29 is 4.79 Å². The Labute approximate surface area is 118 Å². The average molecular weight is 264 g/mol. The first kappa shape index (κ1) is 11.5. The van der Waals surface area contributed by atoms with Crippen LogP contribution in [-0.4, -0.2) is 12.5 Å². The van der Waals surface area contributed by atoms with Gasteiger partial charge in [0.15, 0.2) is 0 Å². The number of hydrogen-bond acceptors (Lipinski definition) is 2. The SMILES string of the molecule is Nc1ccc2c(c1)CC(=O)N2CC1Cc2ccccc21. The lowest BCUT2D eigenvalue weighted by molar-refractivity contribution is -0.117. The van der Waals surface area contributed by atoms with E-state index in [-0.39, 0.29) is 5.91 Å². The van der Waals surface area contributed by atoms with E-state index in [2.05, 4.69) is 24.3 Å². The fraction of sp³-hybridized carbons (Fsp3) is 0.235. The van der Waals surface area contributed by atoms with Crippen LogP contribution in [0.15, 0.2) is 42.5 Å². The fourth-order valence-corrected chi connectivity index (χ4v) is 3.35. The standard InChI is InChI=1S/C17H16N2O/c18-14-5-6-16-12(8-14)9-17(20)19(16)10-13-7-11-3-1-2-4-15(11)13/h1-6,8,13H,7,9-10,18H2. The van der Waals surface area contributed by atoms with Crippen molar-refractivity contribution in [2.75, 3.05) is 17.2 Å². The summed E-state index contributed by atoms with van der Waals surface area (Å²) in [4.78, 5) is 14.1. The van der Waals surface area contributed by atoms with Gasteiger partial charge in [0.05, 0.1) is 6.42 Å². The van der Waals surface area contributed by atoms with Gasteiger partial charge in [-0.25, -0.2) is 0 Å². The van der Waals surface area contributed by atoms with Gasteiger partial charge in [-0.2, -0.15) is 0 Å². The molecule has 2 aliphatic rings. The lowest BCUT2D eigenvalue weighted by atomic mass is 9.77. The molecule has 4 rings (SSSR count). The maximum Gasteiger partial charge on any atom is 0.231 e. The zero-order chi connectivity index (χ0) is 13.7. The van der Waals surface area contributed by atoms with E-state index in [0.717, 1.165) is 29.9 Å². The van der Waals surface area contributed by atoms with Crippen LogP contribution in [0.2, 0.25) is 0 Å². The van der Waals surface area contributed by atoms with Gasteiger partial charge in [0.2, 0.25) is 5.91 Å². The molecule has 0 fully saturated rings. The van der Waals surface area contributed by atoms with E-state index in [1.54, 1.807) is 0 Å². The second kappa shape index (κ2) is 4.10. The number of nitrogen functional groups attached to an aromatic ring is 1. The third-order valence-electron chi connectivity index (χ3n) is 4.40. The topological polar surface area (TPSA) is 46.3 Å². The normalized spacial score (nSPS) is 19.5. The Morgan fingerprint density at radius 1 is 1.15 bits per heavy atom. The van der Waals surface area contributed by atoms with Crippen molar-refractivity contribution in [1.82, 2.24) is 0 Å². The first-order valence-electron chi connectivity index (χ1n) is 6.99. The Morgan fingerprint density at radius 3 is 2.85 bits per heavy atom. The highest BCUT2D eigenvalue weighted by Crippen LogP contribution is 2.38. The minimum absolute atomic E-state index is 0.190. The number of carbonyl (C=O) groups is 1. The van der Waals surface area contributed by atoms with Crippen molar-refractivity contribution in [2.24, 2.45) is 0 Å². The summed E-state index contributed by atoms with van der Waals surface area (Å²) in [5, 5.41) is 0. The molecule has 100 valence electrons. The molecule has 0 spiro atoms. The number of fused-ring (bicyclic) bond motifs is 2. The predicted octanol–water partition coefficient (Wildman–Crippen LogP) is 2.50. The van der Waals surface area contributed by atoms with E-state index in [1.807, 2.05) is 23.1 Å². The Balaban J connectivity index is 1.61. The van der Waals surface area contributed by atoms with Crippen LogP contribution in [0.1, 0.15) is 22.6 Å². The van der Waals surface area contributed by atoms with Gasteiger partial charge in [-0.05, 0) is 41.3 Å². The fourth-order valence-electron chi connectivity index (χ4n) is 3.35. The van der Waals surface area contributed by atoms with E-state index >= 15 is 0 Å². The van der Waals surface area contributed by atoms with Crippen LogP contribution in [0.25, 0.3) is 0 Å². The van der Waals surface area contributed by atoms with Crippen molar-refractivity contribution >= 4 is 17.3 Å². The lowest BCUT2D eigenvalue weighted by Crippen LogP contribution is -2.35. The molecule has 0 saturated carbocycles. The number of nitrogens with two attached hydrogens (primary N) is 1. The van der Waals surface area contributed by atoms with E-state index in [1.165, 1.54) is 11.1 Å². The molecule has 2 aromatic rings. The van der Waals surface area contributed by atoms with Gasteiger partial charge < -0.3 is 10.6 Å². The quantitative estimate of drug-likeness (QED) is 0.847. The Kier molecular flexibility index (Phi) is 2.36. The van der Waals surface area contributed by atoms with Gasteiger partial charge in [0, 0.05) is 23.8 Å². The van der Waals surface area contributed by atoms with Crippen molar-refractivity contribution in [3.05, 3.63) is 59.2 Å². The molecule has 1 atom stereocenters. The summed E-state index contributed by atoms with van der Waals surface area (Å²) in [6, 6.07) is 14.3. The number of rotatable bonds is 2. The predicted molar refractivity (Wildman–Crippen MR) is 79.8 cm³/mol. The summed E-state index contributed by atoms with van der Waals surface area (Å²) in [6.07, 6.45) is 1.55. The molecule has 2 aromatic carbocycles. The van der Waals surface area contributed by atoms with Crippen LogP contribution in [0.5, 0.6) is 0 Å². The molecule has 1 heterocycles. The van der Waals surface area contributed by atoms with Crippen LogP contribution >= 0.6 is 0 Å². The van der Waals surface area contributed by atoms with Crippen LogP contribution in [0.4, 0.5) is 11.4 Å². The number of hydrogen-bond donors (Lipinski definition) is 1. The maximum atomic E-state index is 12.2. The number of benzene rings is 2. The van der Waals surface area contributed by atoms with Crippen LogP contribution < -0.4 is 10.6 Å². The second-order valence-corrected chi connectivity index (χ2v) is 5.67. The Morgan fingerprint density at radius 2 is 2.00 bits per heavy atom. The smallest absolute Gasteiger partial charge is 0.231 e. The van der Waals surface area contributed by atoms with Crippen molar-refractivity contribution in [3.63, 3.8) is 0 Å². The summed E-state index contributed by atoms with van der Waals surface area (Å²) < 4.78 is 0. The zero-order valence-corrected chi connectivity index (χ0v) is 11.2. The van der Waals surface area contributed by atoms with Gasteiger partial charge in [-0.3, -0.25) is 4.79 Å². The number of amides is 1. The van der Waals surface area contributed by atoms with Gasteiger partial charge in [0.25, 0.3) is 0 Å². The highest BCUT2D eigenvalue weighted by atomic mass is 16.2. The average Bonchev–Trinajstić information content (AvgIpc) is 2.71. The number of nitrogens with zero attached hydrogens (tertiary/aromatic N) is 1. The third-order valence-corrected chi connectivity index (χ3v) is 4.40. The molecule has 3 heteroatoms. The summed E-state index contributed by atoms with van der Waals surface area (Å²) in [5.74, 6) is 0.661. The molecule has 1 unspecified atom stereocenters. The Hall–Kier alpha value is -2.29. The molecule has 1 aliphatic heterocycles. The first-order chi connectivity index (χ1) is 9.72. The second-order valence-electron chi connectivity index (χ2n) is 5.67. The number of carbonyl (C=O) groups excluding carboxylic acids is 1. The maximum absolute atomic E-state index is 12.2. The molecule has 0 saturated heterocycles. The monoisotopic (exact) mass is 264 g/mol. The molecule has 20 heavy (non-hydrogen) atoms. The van der Waals surface area contributed by atoms with E-state index in [9.17, 15) is 4.79 Å². The van der Waals surface area contributed by atoms with Crippen LogP contribution in [-0.2, 0) is 17.6 Å². The molecule has 3 nitrogen and oxygen atoms in total. The highest BCUT2D eigenvalue weighted by Gasteiger charge is 2.33. The van der Waals surface area contributed by atoms with Crippen molar-refractivity contribution in [2.45, 2.75) is 18.8 Å². The van der Waals surface area contributed by atoms with E-state index < -0.39 is 0 Å². The molecule has 0 radical (unpaired) electrons. The van der Waals surface area contributed by atoms with Gasteiger partial charge in [-0.1, -0.05) is 24.3 Å². The van der Waals surface area contributed by atoms with Crippen molar-refractivity contribution in [3.8, 4) is 0 Å². The molecule has 1 amide bonds. The van der Waals surface area contributed by atoms with Crippen LogP contribution in [0, 0.1) is 0 Å². The van der Waals surface area contributed by atoms with E-state index in [0.29, 0.717) is 12.3 Å². The first-order valence-corrected chi connectivity index (χ1v) is 6.99. The highest BCUT2D eigenvalue weighted by molar-refractivity contribution is 6.01. The third kappa shape index (κ3) is 1.63. The lowest BCUT2D eigenvalue weighted by Gasteiger charge is -2.33. The Bertz CT molecular complexity index is 708. The summed E-state index contributed by atoms with van der Waals surface area (Å²) in [7, 11) is 0. The largest absolute Gasteiger partial charge is 0.399 e. The molecule has 0 aromatic heterocycles. The molecule has 0 bridgehead atoms. The van der Waals surface area contributed by atoms with Gasteiger partial charge in [-0.15, -0.1) is 0 Å².